The Hall–Kier alpha value is -4.46. The van der Waals surface area contributed by atoms with Gasteiger partial charge < -0.3 is 14.5 Å². The summed E-state index contributed by atoms with van der Waals surface area (Å²) < 4.78 is 11.6. The Morgan fingerprint density at radius 3 is 2.55 bits per heavy atom. The third-order valence-corrected chi connectivity index (χ3v) is 5.11. The minimum atomic E-state index is -0.905. The van der Waals surface area contributed by atoms with E-state index < -0.39 is 16.9 Å². The molecule has 166 valence electrons. The number of fused-ring (bicyclic) bond motifs is 1. The molecule has 4 rings (SSSR count). The molecule has 0 bridgehead atoms. The van der Waals surface area contributed by atoms with E-state index >= 15 is 0 Å². The van der Waals surface area contributed by atoms with Gasteiger partial charge in [0.2, 0.25) is 5.43 Å². The van der Waals surface area contributed by atoms with Gasteiger partial charge in [-0.15, -0.1) is 0 Å². The maximum atomic E-state index is 13.1. The van der Waals surface area contributed by atoms with Crippen molar-refractivity contribution in [2.75, 3.05) is 5.32 Å². The lowest BCUT2D eigenvalue weighted by Gasteiger charge is -2.15. The van der Waals surface area contributed by atoms with E-state index in [1.54, 1.807) is 38.1 Å². The number of carbonyl (C=O) groups excluding carboxylic acids is 1. The smallest absolute Gasteiger partial charge is 0.271 e. The van der Waals surface area contributed by atoms with Gasteiger partial charge in [-0.1, -0.05) is 36.4 Å². The zero-order valence-corrected chi connectivity index (χ0v) is 17.9. The van der Waals surface area contributed by atoms with Crippen molar-refractivity contribution in [3.8, 4) is 16.9 Å². The number of nitrogens with zero attached hydrogens (tertiary/aromatic N) is 1. The zero-order chi connectivity index (χ0) is 23.5. The van der Waals surface area contributed by atoms with E-state index in [-0.39, 0.29) is 11.1 Å². The summed E-state index contributed by atoms with van der Waals surface area (Å²) in [5, 5.41) is 13.9. The van der Waals surface area contributed by atoms with Gasteiger partial charge in [0.15, 0.2) is 6.10 Å². The Labute approximate surface area is 188 Å². The van der Waals surface area contributed by atoms with Crippen molar-refractivity contribution < 1.29 is 18.9 Å². The maximum Gasteiger partial charge on any atom is 0.271 e. The molecule has 4 aromatic rings. The number of nitro groups is 1. The van der Waals surface area contributed by atoms with Crippen LogP contribution in [0.4, 0.5) is 11.4 Å². The molecule has 1 amide bonds. The van der Waals surface area contributed by atoms with Crippen LogP contribution in [0.5, 0.6) is 5.75 Å². The lowest BCUT2D eigenvalue weighted by atomic mass is 10.0. The van der Waals surface area contributed by atoms with E-state index in [4.69, 9.17) is 9.15 Å². The molecule has 1 heterocycles. The molecule has 0 fully saturated rings. The molecule has 1 N–H and O–H groups in total. The number of aryl methyl sites for hydroxylation is 1. The minimum absolute atomic E-state index is 0.129. The molecule has 0 aliphatic carbocycles. The summed E-state index contributed by atoms with van der Waals surface area (Å²) in [6, 6.07) is 19.7. The fourth-order valence-electron chi connectivity index (χ4n) is 3.50. The SMILES string of the molecule is Cc1oc2cc(O[C@@H](C)C(=O)Nc3cccc([N+](=O)[O-])c3)ccc2c(=O)c1-c1ccccc1. The van der Waals surface area contributed by atoms with Crippen LogP contribution in [0.25, 0.3) is 22.1 Å². The number of nitrogens with one attached hydrogen (secondary N) is 1. The lowest BCUT2D eigenvalue weighted by Crippen LogP contribution is -2.30. The molecule has 0 saturated heterocycles. The fourth-order valence-corrected chi connectivity index (χ4v) is 3.50. The van der Waals surface area contributed by atoms with E-state index in [2.05, 4.69) is 5.32 Å². The van der Waals surface area contributed by atoms with E-state index in [1.165, 1.54) is 18.2 Å². The van der Waals surface area contributed by atoms with Crippen LogP contribution in [-0.4, -0.2) is 16.9 Å². The molecule has 0 spiro atoms. The predicted octanol–water partition coefficient (Wildman–Crippen LogP) is 5.08. The molecule has 0 aliphatic rings. The average molecular weight is 444 g/mol. The summed E-state index contributed by atoms with van der Waals surface area (Å²) in [5.41, 5.74) is 1.64. The van der Waals surface area contributed by atoms with E-state index in [0.29, 0.717) is 33.7 Å². The first kappa shape index (κ1) is 21.8. The quantitative estimate of drug-likeness (QED) is 0.328. The van der Waals surface area contributed by atoms with Gasteiger partial charge in [0, 0.05) is 23.9 Å². The second-order valence-corrected chi connectivity index (χ2v) is 7.44. The summed E-state index contributed by atoms with van der Waals surface area (Å²) in [4.78, 5) is 35.9. The Balaban J connectivity index is 1.55. The normalized spacial score (nSPS) is 11.7. The van der Waals surface area contributed by atoms with Crippen LogP contribution < -0.4 is 15.5 Å². The van der Waals surface area contributed by atoms with E-state index in [1.807, 2.05) is 30.3 Å². The second kappa shape index (κ2) is 8.96. The number of anilines is 1. The number of hydrogen-bond acceptors (Lipinski definition) is 6. The number of benzene rings is 3. The fraction of sp³-hybridized carbons (Fsp3) is 0.120. The summed E-state index contributed by atoms with van der Waals surface area (Å²) in [6.07, 6.45) is -0.905. The van der Waals surface area contributed by atoms with Gasteiger partial charge in [-0.2, -0.15) is 0 Å². The predicted molar refractivity (Wildman–Crippen MR) is 124 cm³/mol. The zero-order valence-electron chi connectivity index (χ0n) is 17.9. The van der Waals surface area contributed by atoms with Crippen molar-refractivity contribution in [3.63, 3.8) is 0 Å². The van der Waals surface area contributed by atoms with Gasteiger partial charge in [-0.05, 0) is 37.6 Å². The number of ether oxygens (including phenoxy) is 1. The molecular weight excluding hydrogens is 424 g/mol. The molecule has 8 heteroatoms. The first-order valence-corrected chi connectivity index (χ1v) is 10.2. The minimum Gasteiger partial charge on any atom is -0.481 e. The molecule has 0 saturated carbocycles. The molecule has 1 aromatic heterocycles. The van der Waals surface area contributed by atoms with Crippen molar-refractivity contribution in [1.29, 1.82) is 0 Å². The van der Waals surface area contributed by atoms with Crippen LogP contribution in [0.1, 0.15) is 12.7 Å². The third kappa shape index (κ3) is 4.59. The van der Waals surface area contributed by atoms with Crippen LogP contribution in [0.2, 0.25) is 0 Å². The molecule has 0 unspecified atom stereocenters. The number of nitro benzene ring substituents is 1. The highest BCUT2D eigenvalue weighted by atomic mass is 16.6. The Morgan fingerprint density at radius 2 is 1.82 bits per heavy atom. The summed E-state index contributed by atoms with van der Waals surface area (Å²) in [6.45, 7) is 3.28. The summed E-state index contributed by atoms with van der Waals surface area (Å²) in [5.74, 6) is 0.346. The third-order valence-electron chi connectivity index (χ3n) is 5.11. The molecule has 3 aromatic carbocycles. The van der Waals surface area contributed by atoms with Crippen molar-refractivity contribution in [3.05, 3.63) is 98.9 Å². The van der Waals surface area contributed by atoms with Crippen LogP contribution in [0.15, 0.2) is 82.0 Å². The highest BCUT2D eigenvalue weighted by Crippen LogP contribution is 2.27. The highest BCUT2D eigenvalue weighted by molar-refractivity contribution is 5.94. The molecule has 0 radical (unpaired) electrons. The van der Waals surface area contributed by atoms with Crippen LogP contribution in [-0.2, 0) is 4.79 Å². The lowest BCUT2D eigenvalue weighted by molar-refractivity contribution is -0.384. The van der Waals surface area contributed by atoms with Gasteiger partial charge in [0.25, 0.3) is 11.6 Å². The maximum absolute atomic E-state index is 13.1. The first-order valence-electron chi connectivity index (χ1n) is 10.2. The van der Waals surface area contributed by atoms with Gasteiger partial charge in [-0.25, -0.2) is 0 Å². The van der Waals surface area contributed by atoms with Crippen molar-refractivity contribution in [1.82, 2.24) is 0 Å². The van der Waals surface area contributed by atoms with Gasteiger partial charge in [-0.3, -0.25) is 19.7 Å². The number of hydrogen-bond donors (Lipinski definition) is 1. The molecule has 1 atom stereocenters. The molecule has 33 heavy (non-hydrogen) atoms. The molecule has 8 nitrogen and oxygen atoms in total. The Bertz CT molecular complexity index is 1410. The second-order valence-electron chi connectivity index (χ2n) is 7.44. The van der Waals surface area contributed by atoms with Crippen LogP contribution >= 0.6 is 0 Å². The first-order chi connectivity index (χ1) is 15.8. The van der Waals surface area contributed by atoms with Crippen LogP contribution in [0, 0.1) is 17.0 Å². The van der Waals surface area contributed by atoms with Crippen molar-refractivity contribution in [2.24, 2.45) is 0 Å². The van der Waals surface area contributed by atoms with Gasteiger partial charge >= 0.3 is 0 Å². The summed E-state index contributed by atoms with van der Waals surface area (Å²) in [7, 11) is 0. The average Bonchev–Trinajstić information content (AvgIpc) is 2.79. The van der Waals surface area contributed by atoms with Crippen molar-refractivity contribution in [2.45, 2.75) is 20.0 Å². The van der Waals surface area contributed by atoms with E-state index in [9.17, 15) is 19.7 Å². The van der Waals surface area contributed by atoms with Gasteiger partial charge in [0.1, 0.15) is 17.1 Å². The van der Waals surface area contributed by atoms with Crippen LogP contribution in [0.3, 0.4) is 0 Å². The topological polar surface area (TPSA) is 112 Å². The van der Waals surface area contributed by atoms with E-state index in [0.717, 1.165) is 5.56 Å². The summed E-state index contributed by atoms with van der Waals surface area (Å²) >= 11 is 0. The standard InChI is InChI=1S/C25H20N2O6/c1-15-23(17-7-4-3-5-8-17)24(28)21-12-11-20(14-22(21)33-15)32-16(2)25(29)26-18-9-6-10-19(13-18)27(30)31/h3-14,16H,1-2H3,(H,26,29)/t16-/m0/s1. The monoisotopic (exact) mass is 444 g/mol. The molecular formula is C25H20N2O6. The highest BCUT2D eigenvalue weighted by Gasteiger charge is 2.18. The Morgan fingerprint density at radius 1 is 1.06 bits per heavy atom. The van der Waals surface area contributed by atoms with Crippen molar-refractivity contribution >= 4 is 28.3 Å². The largest absolute Gasteiger partial charge is 0.481 e. The number of non-ortho nitro benzene ring substituents is 1. The molecule has 0 aliphatic heterocycles. The Kier molecular flexibility index (Phi) is 5.91. The number of carbonyl (C=O) groups is 1. The van der Waals surface area contributed by atoms with Gasteiger partial charge in [0.05, 0.1) is 15.9 Å². The number of amides is 1. The number of rotatable bonds is 6.